The molecule has 5 heteroatoms. The van der Waals surface area contributed by atoms with Crippen LogP contribution in [0.4, 0.5) is 0 Å². The van der Waals surface area contributed by atoms with Gasteiger partial charge in [0.2, 0.25) is 10.0 Å². The van der Waals surface area contributed by atoms with Crippen LogP contribution in [0.2, 0.25) is 0 Å². The van der Waals surface area contributed by atoms with E-state index in [4.69, 9.17) is 5.14 Å². The fourth-order valence-corrected chi connectivity index (χ4v) is 2.30. The maximum Gasteiger partial charge on any atom is 0.238 e. The zero-order valence-electron chi connectivity index (χ0n) is 8.47. The van der Waals surface area contributed by atoms with Crippen molar-refractivity contribution >= 4 is 10.0 Å². The van der Waals surface area contributed by atoms with E-state index >= 15 is 0 Å². The van der Waals surface area contributed by atoms with Gasteiger partial charge in [-0.15, -0.1) is 0 Å². The first-order valence-corrected chi connectivity index (χ1v) is 6.37. The van der Waals surface area contributed by atoms with Crippen molar-refractivity contribution in [1.82, 2.24) is 5.32 Å². The second-order valence-electron chi connectivity index (χ2n) is 3.85. The van der Waals surface area contributed by atoms with Crippen LogP contribution < -0.4 is 10.5 Å². The summed E-state index contributed by atoms with van der Waals surface area (Å²) in [4.78, 5) is 0.174. The molecule has 0 spiro atoms. The number of primary sulfonamides is 1. The molecule has 1 aromatic carbocycles. The SMILES string of the molecule is CN[C@@H]1C[C@H]1c1ccc(S(N)(=O)=O)cc1. The second kappa shape index (κ2) is 3.59. The standard InChI is InChI=1S/C10H14N2O2S/c1-12-10-6-9(10)7-2-4-8(5-3-7)15(11,13)14/h2-5,9-10,12H,6H2,1H3,(H2,11,13,14)/t9-,10+/m0/s1. The lowest BCUT2D eigenvalue weighted by molar-refractivity contribution is 0.598. The van der Waals surface area contributed by atoms with Crippen LogP contribution >= 0.6 is 0 Å². The highest BCUT2D eigenvalue weighted by atomic mass is 32.2. The van der Waals surface area contributed by atoms with Crippen molar-refractivity contribution in [3.05, 3.63) is 29.8 Å². The quantitative estimate of drug-likeness (QED) is 0.784. The highest BCUT2D eigenvalue weighted by molar-refractivity contribution is 7.89. The average molecular weight is 226 g/mol. The van der Waals surface area contributed by atoms with Gasteiger partial charge in [0.05, 0.1) is 4.90 Å². The molecule has 0 radical (unpaired) electrons. The average Bonchev–Trinajstić information content (AvgIpc) is 2.95. The number of nitrogens with one attached hydrogen (secondary N) is 1. The monoisotopic (exact) mass is 226 g/mol. The summed E-state index contributed by atoms with van der Waals surface area (Å²) in [5.41, 5.74) is 1.17. The van der Waals surface area contributed by atoms with Crippen LogP contribution in [0.5, 0.6) is 0 Å². The van der Waals surface area contributed by atoms with Crippen molar-refractivity contribution in [3.63, 3.8) is 0 Å². The maximum absolute atomic E-state index is 11.0. The molecule has 0 aliphatic heterocycles. The first-order chi connectivity index (χ1) is 7.02. The lowest BCUT2D eigenvalue weighted by Gasteiger charge is -2.01. The smallest absolute Gasteiger partial charge is 0.238 e. The Balaban J connectivity index is 2.19. The topological polar surface area (TPSA) is 72.2 Å². The summed E-state index contributed by atoms with van der Waals surface area (Å²) in [6.07, 6.45) is 1.12. The molecule has 15 heavy (non-hydrogen) atoms. The molecule has 4 nitrogen and oxygen atoms in total. The van der Waals surface area contributed by atoms with E-state index in [-0.39, 0.29) is 4.90 Å². The van der Waals surface area contributed by atoms with Gasteiger partial charge in [0.15, 0.2) is 0 Å². The lowest BCUT2D eigenvalue weighted by Crippen LogP contribution is -2.12. The molecule has 82 valence electrons. The molecular formula is C10H14N2O2S. The number of rotatable bonds is 3. The van der Waals surface area contributed by atoms with Crippen LogP contribution in [0.3, 0.4) is 0 Å². The number of hydrogen-bond acceptors (Lipinski definition) is 3. The zero-order valence-corrected chi connectivity index (χ0v) is 9.29. The molecule has 1 aromatic rings. The Morgan fingerprint density at radius 2 is 1.93 bits per heavy atom. The van der Waals surface area contributed by atoms with Gasteiger partial charge in [0, 0.05) is 12.0 Å². The zero-order chi connectivity index (χ0) is 11.1. The molecule has 0 amide bonds. The van der Waals surface area contributed by atoms with Crippen molar-refractivity contribution in [2.24, 2.45) is 5.14 Å². The Labute approximate surface area is 89.5 Å². The molecule has 1 aliphatic rings. The van der Waals surface area contributed by atoms with E-state index in [1.54, 1.807) is 12.1 Å². The van der Waals surface area contributed by atoms with E-state index in [9.17, 15) is 8.42 Å². The van der Waals surface area contributed by atoms with Crippen LogP contribution in [-0.2, 0) is 10.0 Å². The van der Waals surface area contributed by atoms with Gasteiger partial charge >= 0.3 is 0 Å². The normalized spacial score (nSPS) is 25.2. The molecule has 2 rings (SSSR count). The first kappa shape index (κ1) is 10.6. The third kappa shape index (κ3) is 2.19. The van der Waals surface area contributed by atoms with Crippen molar-refractivity contribution in [3.8, 4) is 0 Å². The van der Waals surface area contributed by atoms with Gasteiger partial charge in [-0.25, -0.2) is 13.6 Å². The fourth-order valence-electron chi connectivity index (χ4n) is 1.79. The molecule has 1 saturated carbocycles. The summed E-state index contributed by atoms with van der Waals surface area (Å²) < 4.78 is 22.0. The fraction of sp³-hybridized carbons (Fsp3) is 0.400. The first-order valence-electron chi connectivity index (χ1n) is 4.82. The van der Waals surface area contributed by atoms with Gasteiger partial charge in [-0.1, -0.05) is 12.1 Å². The Kier molecular flexibility index (Phi) is 2.54. The van der Waals surface area contributed by atoms with Gasteiger partial charge in [-0.05, 0) is 31.2 Å². The molecule has 1 aliphatic carbocycles. The van der Waals surface area contributed by atoms with Crippen molar-refractivity contribution in [1.29, 1.82) is 0 Å². The van der Waals surface area contributed by atoms with E-state index in [0.29, 0.717) is 12.0 Å². The third-order valence-corrected chi connectivity index (χ3v) is 3.73. The third-order valence-electron chi connectivity index (χ3n) is 2.80. The molecular weight excluding hydrogens is 212 g/mol. The molecule has 1 fully saturated rings. The number of benzene rings is 1. The van der Waals surface area contributed by atoms with Crippen molar-refractivity contribution in [2.75, 3.05) is 7.05 Å². The lowest BCUT2D eigenvalue weighted by atomic mass is 10.1. The Morgan fingerprint density at radius 1 is 1.33 bits per heavy atom. The van der Waals surface area contributed by atoms with E-state index in [1.807, 2.05) is 19.2 Å². The minimum atomic E-state index is -3.56. The van der Waals surface area contributed by atoms with Gasteiger partial charge in [0.25, 0.3) is 0 Å². The molecule has 0 unspecified atom stereocenters. The number of nitrogens with two attached hydrogens (primary N) is 1. The van der Waals surface area contributed by atoms with Gasteiger partial charge in [-0.3, -0.25) is 0 Å². The Morgan fingerprint density at radius 3 is 2.33 bits per heavy atom. The summed E-state index contributed by atoms with van der Waals surface area (Å²) in [6.45, 7) is 0. The predicted octanol–water partition coefficient (Wildman–Crippen LogP) is 0.409. The van der Waals surface area contributed by atoms with Crippen LogP contribution in [0, 0.1) is 0 Å². The van der Waals surface area contributed by atoms with Crippen LogP contribution in [-0.4, -0.2) is 21.5 Å². The van der Waals surface area contributed by atoms with Crippen LogP contribution in [0.15, 0.2) is 29.2 Å². The highest BCUT2D eigenvalue weighted by Crippen LogP contribution is 2.40. The summed E-state index contributed by atoms with van der Waals surface area (Å²) in [6, 6.07) is 7.33. The highest BCUT2D eigenvalue weighted by Gasteiger charge is 2.36. The minimum absolute atomic E-state index is 0.174. The van der Waals surface area contributed by atoms with Gasteiger partial charge in [-0.2, -0.15) is 0 Å². The van der Waals surface area contributed by atoms with Crippen molar-refractivity contribution in [2.45, 2.75) is 23.3 Å². The summed E-state index contributed by atoms with van der Waals surface area (Å²) in [5.74, 6) is 0.518. The molecule has 3 N–H and O–H groups in total. The summed E-state index contributed by atoms with van der Waals surface area (Å²) in [7, 11) is -1.63. The van der Waals surface area contributed by atoms with Crippen LogP contribution in [0.1, 0.15) is 17.9 Å². The van der Waals surface area contributed by atoms with Crippen LogP contribution in [0.25, 0.3) is 0 Å². The Hall–Kier alpha value is -0.910. The number of likely N-dealkylation sites (N-methyl/N-ethyl adjacent to an activating group) is 1. The number of sulfonamides is 1. The minimum Gasteiger partial charge on any atom is -0.316 e. The van der Waals surface area contributed by atoms with Crippen molar-refractivity contribution < 1.29 is 8.42 Å². The molecule has 0 aromatic heterocycles. The Bertz CT molecular complexity index is 453. The van der Waals surface area contributed by atoms with E-state index < -0.39 is 10.0 Å². The molecule has 0 heterocycles. The van der Waals surface area contributed by atoms with E-state index in [2.05, 4.69) is 5.32 Å². The maximum atomic E-state index is 11.0. The summed E-state index contributed by atoms with van der Waals surface area (Å²) >= 11 is 0. The van der Waals surface area contributed by atoms with Gasteiger partial charge < -0.3 is 5.32 Å². The number of hydrogen-bond donors (Lipinski definition) is 2. The predicted molar refractivity (Wildman–Crippen MR) is 58.0 cm³/mol. The molecule has 2 atom stereocenters. The van der Waals surface area contributed by atoms with E-state index in [1.165, 1.54) is 5.56 Å². The van der Waals surface area contributed by atoms with E-state index in [0.717, 1.165) is 6.42 Å². The molecule has 0 saturated heterocycles. The molecule has 0 bridgehead atoms. The van der Waals surface area contributed by atoms with Gasteiger partial charge in [0.1, 0.15) is 0 Å². The summed E-state index contributed by atoms with van der Waals surface area (Å²) in [5, 5.41) is 8.20. The second-order valence-corrected chi connectivity index (χ2v) is 5.41. The largest absolute Gasteiger partial charge is 0.316 e.